The van der Waals surface area contributed by atoms with Crippen LogP contribution in [0.4, 0.5) is 0 Å². The Hall–Kier alpha value is -3.13. The Morgan fingerprint density at radius 1 is 1.22 bits per heavy atom. The van der Waals surface area contributed by atoms with Crippen molar-refractivity contribution in [2.75, 3.05) is 6.79 Å². The molecule has 0 aliphatic carbocycles. The highest BCUT2D eigenvalue weighted by molar-refractivity contribution is 7.71. The lowest BCUT2D eigenvalue weighted by Gasteiger charge is -2.09. The highest BCUT2D eigenvalue weighted by Gasteiger charge is 2.15. The van der Waals surface area contributed by atoms with Crippen LogP contribution in [0.2, 0.25) is 0 Å². The number of rotatable bonds is 5. The molecule has 0 unspecified atom stereocenters. The third kappa shape index (κ3) is 3.70. The van der Waals surface area contributed by atoms with Crippen LogP contribution < -0.4 is 14.8 Å². The lowest BCUT2D eigenvalue weighted by atomic mass is 10.1. The van der Waals surface area contributed by atoms with Crippen molar-refractivity contribution >= 4 is 18.1 Å². The number of ether oxygens (including phenoxy) is 2. The zero-order chi connectivity index (χ0) is 18.8. The van der Waals surface area contributed by atoms with E-state index >= 15 is 0 Å². The number of fused-ring (bicyclic) bond motifs is 1. The van der Waals surface area contributed by atoms with Crippen LogP contribution in [0.5, 0.6) is 11.5 Å². The normalized spacial score (nSPS) is 12.2. The van der Waals surface area contributed by atoms with Crippen molar-refractivity contribution in [3.05, 3.63) is 58.4 Å². The maximum absolute atomic E-state index is 12.4. The summed E-state index contributed by atoms with van der Waals surface area (Å²) in [5.41, 5.74) is 2.99. The van der Waals surface area contributed by atoms with E-state index in [0.29, 0.717) is 22.9 Å². The molecule has 2 N–H and O–H groups in total. The highest BCUT2D eigenvalue weighted by atomic mass is 32.1. The summed E-state index contributed by atoms with van der Waals surface area (Å²) in [5.74, 6) is 1.90. The number of nitrogens with one attached hydrogen (secondary N) is 2. The molecule has 0 saturated heterocycles. The summed E-state index contributed by atoms with van der Waals surface area (Å²) in [6.45, 7) is 2.72. The molecule has 2 aromatic carbocycles. The molecule has 7 nitrogen and oxygen atoms in total. The second-order valence-electron chi connectivity index (χ2n) is 6.27. The van der Waals surface area contributed by atoms with E-state index in [1.165, 1.54) is 0 Å². The number of aromatic nitrogens is 3. The third-order valence-electron chi connectivity index (χ3n) is 4.30. The summed E-state index contributed by atoms with van der Waals surface area (Å²) in [4.78, 5) is 12.4. The number of aromatic amines is 1. The fourth-order valence-corrected chi connectivity index (χ4v) is 3.04. The van der Waals surface area contributed by atoms with E-state index in [9.17, 15) is 4.79 Å². The van der Waals surface area contributed by atoms with Crippen molar-refractivity contribution < 1.29 is 14.3 Å². The van der Waals surface area contributed by atoms with E-state index in [0.717, 1.165) is 22.4 Å². The average Bonchev–Trinajstić information content (AvgIpc) is 3.27. The van der Waals surface area contributed by atoms with E-state index in [1.807, 2.05) is 49.4 Å². The number of aryl methyl sites for hydroxylation is 1. The Labute approximate surface area is 160 Å². The van der Waals surface area contributed by atoms with Gasteiger partial charge in [0.15, 0.2) is 22.1 Å². The molecule has 2 heterocycles. The van der Waals surface area contributed by atoms with Crippen molar-refractivity contribution in [3.8, 4) is 22.9 Å². The van der Waals surface area contributed by atoms with Crippen LogP contribution in [-0.4, -0.2) is 27.5 Å². The quantitative estimate of drug-likeness (QED) is 0.663. The summed E-state index contributed by atoms with van der Waals surface area (Å²) in [6, 6.07) is 13.5. The summed E-state index contributed by atoms with van der Waals surface area (Å²) in [7, 11) is 0. The van der Waals surface area contributed by atoms with Gasteiger partial charge in [-0.05, 0) is 36.8 Å². The number of amides is 1. The first-order valence-corrected chi connectivity index (χ1v) is 8.88. The summed E-state index contributed by atoms with van der Waals surface area (Å²) in [5, 5.41) is 9.92. The second-order valence-corrected chi connectivity index (χ2v) is 6.66. The van der Waals surface area contributed by atoms with Gasteiger partial charge in [0, 0.05) is 12.1 Å². The van der Waals surface area contributed by atoms with Gasteiger partial charge in [0.1, 0.15) is 6.54 Å². The topological polar surface area (TPSA) is 81.2 Å². The van der Waals surface area contributed by atoms with Gasteiger partial charge in [-0.2, -0.15) is 5.10 Å². The molecule has 1 aliphatic rings. The molecule has 0 fully saturated rings. The SMILES string of the molecule is Cc1ccc(-c2n[nH]c(=S)n2CC(=O)NCc2ccc3c(c2)OCO3)cc1. The predicted octanol–water partition coefficient (Wildman–Crippen LogP) is 2.96. The van der Waals surface area contributed by atoms with Crippen LogP contribution >= 0.6 is 12.2 Å². The van der Waals surface area contributed by atoms with Crippen LogP contribution in [0.1, 0.15) is 11.1 Å². The molecule has 27 heavy (non-hydrogen) atoms. The largest absolute Gasteiger partial charge is 0.454 e. The average molecular weight is 382 g/mol. The summed E-state index contributed by atoms with van der Waals surface area (Å²) >= 11 is 5.28. The lowest BCUT2D eigenvalue weighted by Crippen LogP contribution is -2.27. The Kier molecular flexibility index (Phi) is 4.64. The minimum atomic E-state index is -0.154. The number of hydrogen-bond acceptors (Lipinski definition) is 5. The van der Waals surface area contributed by atoms with Crippen molar-refractivity contribution in [2.24, 2.45) is 0 Å². The number of nitrogens with zero attached hydrogens (tertiary/aromatic N) is 2. The highest BCUT2D eigenvalue weighted by Crippen LogP contribution is 2.32. The third-order valence-corrected chi connectivity index (χ3v) is 4.61. The molecular weight excluding hydrogens is 364 g/mol. The zero-order valence-corrected chi connectivity index (χ0v) is 15.5. The van der Waals surface area contributed by atoms with Gasteiger partial charge in [0.05, 0.1) is 0 Å². The second kappa shape index (κ2) is 7.24. The van der Waals surface area contributed by atoms with Crippen LogP contribution in [0.15, 0.2) is 42.5 Å². The Bertz CT molecular complexity index is 1040. The van der Waals surface area contributed by atoms with Gasteiger partial charge in [-0.15, -0.1) is 0 Å². The smallest absolute Gasteiger partial charge is 0.240 e. The number of H-pyrrole nitrogens is 1. The number of hydrogen-bond donors (Lipinski definition) is 2. The van der Waals surface area contributed by atoms with E-state index in [1.54, 1.807) is 4.57 Å². The van der Waals surface area contributed by atoms with Crippen LogP contribution in [-0.2, 0) is 17.9 Å². The summed E-state index contributed by atoms with van der Waals surface area (Å²) in [6.07, 6.45) is 0. The molecule has 0 bridgehead atoms. The number of carbonyl (C=O) groups is 1. The van der Waals surface area contributed by atoms with Gasteiger partial charge in [0.25, 0.3) is 0 Å². The predicted molar refractivity (Wildman–Crippen MR) is 102 cm³/mol. The van der Waals surface area contributed by atoms with Crippen LogP contribution in [0.25, 0.3) is 11.4 Å². The molecule has 0 spiro atoms. The van der Waals surface area contributed by atoms with Crippen LogP contribution in [0, 0.1) is 11.7 Å². The number of carbonyl (C=O) groups excluding carboxylic acids is 1. The fourth-order valence-electron chi connectivity index (χ4n) is 2.84. The first-order valence-electron chi connectivity index (χ1n) is 8.47. The lowest BCUT2D eigenvalue weighted by molar-refractivity contribution is -0.121. The molecule has 3 aromatic rings. The molecular formula is C19H18N4O3S. The molecule has 4 rings (SSSR count). The Morgan fingerprint density at radius 3 is 2.81 bits per heavy atom. The van der Waals surface area contributed by atoms with Crippen molar-refractivity contribution in [2.45, 2.75) is 20.0 Å². The van der Waals surface area contributed by atoms with Gasteiger partial charge < -0.3 is 14.8 Å². The molecule has 1 aromatic heterocycles. The van der Waals surface area contributed by atoms with Gasteiger partial charge in [0.2, 0.25) is 12.7 Å². The Morgan fingerprint density at radius 2 is 2.00 bits per heavy atom. The Balaban J connectivity index is 1.45. The molecule has 0 atom stereocenters. The molecule has 0 saturated carbocycles. The molecule has 1 amide bonds. The molecule has 8 heteroatoms. The van der Waals surface area contributed by atoms with E-state index in [2.05, 4.69) is 15.5 Å². The van der Waals surface area contributed by atoms with E-state index < -0.39 is 0 Å². The molecule has 138 valence electrons. The molecule has 1 aliphatic heterocycles. The zero-order valence-electron chi connectivity index (χ0n) is 14.7. The minimum Gasteiger partial charge on any atom is -0.454 e. The summed E-state index contributed by atoms with van der Waals surface area (Å²) < 4.78 is 12.7. The van der Waals surface area contributed by atoms with Gasteiger partial charge in [-0.1, -0.05) is 35.9 Å². The van der Waals surface area contributed by atoms with Gasteiger partial charge >= 0.3 is 0 Å². The minimum absolute atomic E-state index is 0.0864. The standard InChI is InChI=1S/C19H18N4O3S/c1-12-2-5-14(6-3-12)18-21-22-19(27)23(18)10-17(24)20-9-13-4-7-15-16(8-13)26-11-25-15/h2-8H,9-11H2,1H3,(H,20,24)(H,22,27). The van der Waals surface area contributed by atoms with Crippen molar-refractivity contribution in [3.63, 3.8) is 0 Å². The maximum Gasteiger partial charge on any atom is 0.240 e. The maximum atomic E-state index is 12.4. The first-order chi connectivity index (χ1) is 13.1. The van der Waals surface area contributed by atoms with Gasteiger partial charge in [-0.25, -0.2) is 0 Å². The van der Waals surface area contributed by atoms with Crippen molar-refractivity contribution in [1.29, 1.82) is 0 Å². The fraction of sp³-hybridized carbons (Fsp3) is 0.211. The van der Waals surface area contributed by atoms with Crippen LogP contribution in [0.3, 0.4) is 0 Å². The van der Waals surface area contributed by atoms with Gasteiger partial charge in [-0.3, -0.25) is 14.5 Å². The van der Waals surface area contributed by atoms with E-state index in [-0.39, 0.29) is 19.2 Å². The first kappa shape index (κ1) is 17.3. The monoisotopic (exact) mass is 382 g/mol. The number of benzene rings is 2. The van der Waals surface area contributed by atoms with E-state index in [4.69, 9.17) is 21.7 Å². The van der Waals surface area contributed by atoms with Crippen molar-refractivity contribution in [1.82, 2.24) is 20.1 Å². The molecule has 0 radical (unpaired) electrons.